The molecule has 0 radical (unpaired) electrons. The van der Waals surface area contributed by atoms with Gasteiger partial charge >= 0.3 is 6.09 Å². The third-order valence-electron chi connectivity index (χ3n) is 8.61. The molecule has 4 aromatic rings. The lowest BCUT2D eigenvalue weighted by molar-refractivity contribution is 0.00539. The van der Waals surface area contributed by atoms with Crippen LogP contribution in [0.1, 0.15) is 33.6 Å². The molecule has 5 heterocycles. The van der Waals surface area contributed by atoms with Crippen molar-refractivity contribution in [1.82, 2.24) is 19.9 Å². The van der Waals surface area contributed by atoms with Crippen LogP contribution in [0.25, 0.3) is 32.9 Å². The van der Waals surface area contributed by atoms with E-state index in [-0.39, 0.29) is 59.3 Å². The molecule has 2 aromatic heterocycles. The van der Waals surface area contributed by atoms with Gasteiger partial charge in [0.25, 0.3) is 0 Å². The van der Waals surface area contributed by atoms with Crippen LogP contribution >= 0.6 is 11.6 Å². The number of carbonyl (C=O) groups excluding carboxylic acids is 1. The highest BCUT2D eigenvalue weighted by molar-refractivity contribution is 7.90. The predicted molar refractivity (Wildman–Crippen MR) is 172 cm³/mol. The summed E-state index contributed by atoms with van der Waals surface area (Å²) in [7, 11) is -2.51. The van der Waals surface area contributed by atoms with Gasteiger partial charge in [0.1, 0.15) is 40.4 Å². The van der Waals surface area contributed by atoms with Crippen LogP contribution in [-0.4, -0.2) is 91.4 Å². The van der Waals surface area contributed by atoms with Crippen LogP contribution in [0.4, 0.5) is 15.0 Å². The van der Waals surface area contributed by atoms with Gasteiger partial charge in [0.05, 0.1) is 18.1 Å². The molecule has 15 heteroatoms. The van der Waals surface area contributed by atoms with Gasteiger partial charge in [0.15, 0.2) is 12.6 Å². The maximum absolute atomic E-state index is 16.9. The number of rotatable bonds is 5. The smallest absolute Gasteiger partial charge is 0.410 e. The maximum Gasteiger partial charge on any atom is 0.410 e. The summed E-state index contributed by atoms with van der Waals surface area (Å²) < 4.78 is 65.6. The van der Waals surface area contributed by atoms with Crippen molar-refractivity contribution in [2.75, 3.05) is 38.2 Å². The summed E-state index contributed by atoms with van der Waals surface area (Å²) in [6.45, 7) is 5.75. The first kappa shape index (κ1) is 31.6. The van der Waals surface area contributed by atoms with Crippen molar-refractivity contribution in [3.05, 3.63) is 41.2 Å². The van der Waals surface area contributed by atoms with E-state index in [1.807, 2.05) is 25.7 Å². The van der Waals surface area contributed by atoms with Gasteiger partial charge in [-0.3, -0.25) is 4.90 Å². The summed E-state index contributed by atoms with van der Waals surface area (Å²) in [4.78, 5) is 30.4. The predicted octanol–water partition coefficient (Wildman–Crippen LogP) is 5.37. The number of halogens is 2. The van der Waals surface area contributed by atoms with E-state index in [0.717, 1.165) is 6.26 Å². The number of carbonyl (C=O) groups is 1. The van der Waals surface area contributed by atoms with Crippen molar-refractivity contribution < 1.29 is 36.6 Å². The Kier molecular flexibility index (Phi) is 7.60. The lowest BCUT2D eigenvalue weighted by Gasteiger charge is -2.46. The van der Waals surface area contributed by atoms with Crippen molar-refractivity contribution in [1.29, 1.82) is 0 Å². The Morgan fingerprint density at radius 2 is 1.91 bits per heavy atom. The Labute approximate surface area is 275 Å². The zero-order valence-corrected chi connectivity index (χ0v) is 28.0. The number of pyridine rings is 1. The first-order valence-corrected chi connectivity index (χ1v) is 17.4. The molecule has 2 aromatic carbocycles. The molecular formula is C32H33ClFN5O7S. The molecule has 47 heavy (non-hydrogen) atoms. The molecule has 2 saturated heterocycles. The number of piperazine rings is 1. The van der Waals surface area contributed by atoms with Crippen molar-refractivity contribution in [2.45, 2.75) is 62.5 Å². The number of aromatic nitrogens is 3. The van der Waals surface area contributed by atoms with Gasteiger partial charge in [-0.05, 0) is 57.2 Å². The Morgan fingerprint density at radius 1 is 1.13 bits per heavy atom. The summed E-state index contributed by atoms with van der Waals surface area (Å²) >= 11 is 6.66. The molecule has 3 aliphatic rings. The fraction of sp³-hybridized carbons (Fsp3) is 0.438. The second-order valence-corrected chi connectivity index (χ2v) is 15.3. The van der Waals surface area contributed by atoms with Gasteiger partial charge in [-0.15, -0.1) is 0 Å². The Morgan fingerprint density at radius 3 is 2.64 bits per heavy atom. The maximum atomic E-state index is 16.9. The zero-order valence-electron chi connectivity index (χ0n) is 26.4. The van der Waals surface area contributed by atoms with Crippen molar-refractivity contribution >= 4 is 55.0 Å². The Balaban J connectivity index is 1.43. The van der Waals surface area contributed by atoms with E-state index in [9.17, 15) is 13.2 Å². The highest BCUT2D eigenvalue weighted by Gasteiger charge is 2.52. The van der Waals surface area contributed by atoms with E-state index in [1.54, 1.807) is 35.2 Å². The van der Waals surface area contributed by atoms with E-state index in [1.165, 1.54) is 7.11 Å². The van der Waals surface area contributed by atoms with Gasteiger partial charge in [0.2, 0.25) is 20.9 Å². The van der Waals surface area contributed by atoms with Gasteiger partial charge in [-0.1, -0.05) is 23.7 Å². The van der Waals surface area contributed by atoms with E-state index in [4.69, 9.17) is 30.5 Å². The molecule has 7 rings (SSSR count). The summed E-state index contributed by atoms with van der Waals surface area (Å²) in [5.74, 6) is -0.282. The number of hydrogen-bond donors (Lipinski definition) is 0. The standard InChI is InChI=1S/C32H33ClFN5O7S/c1-32(2,3)46-31(40)39-17-9-10-21(39)22-14-44-29-24-27(36-30(47(5,41)42)37-28(24)38(22)13-17)25(34)26(35-29)19-12-18(45-15-43-4)11-16-7-6-8-20(33)23(16)19/h6-8,11-12,17,21-22H,9-10,13-15H2,1-5H3. The number of amides is 1. The molecule has 0 aliphatic carbocycles. The van der Waals surface area contributed by atoms with Crippen molar-refractivity contribution in [3.8, 4) is 22.9 Å². The minimum atomic E-state index is -3.99. The Hall–Kier alpha value is -4.01. The quantitative estimate of drug-likeness (QED) is 0.198. The van der Waals surface area contributed by atoms with E-state index in [2.05, 4.69) is 15.0 Å². The summed E-state index contributed by atoms with van der Waals surface area (Å²) in [6, 6.07) is 7.57. The fourth-order valence-electron chi connectivity index (χ4n) is 6.76. The minimum Gasteiger partial charge on any atom is -0.475 e. The number of ether oxygens (including phenoxy) is 4. The number of hydrogen-bond acceptors (Lipinski definition) is 11. The van der Waals surface area contributed by atoms with Crippen LogP contribution in [-0.2, 0) is 19.3 Å². The SMILES string of the molecule is COCOc1cc(-c2nc3c4c(nc(S(C)(=O)=O)nc4c2F)N2CC4CCC(C2CO3)N4C(=O)OC(C)(C)C)c2c(Cl)cccc2c1. The molecule has 3 aliphatic heterocycles. The fourth-order valence-corrected chi connectivity index (χ4v) is 7.55. The molecule has 12 nitrogen and oxygen atoms in total. The van der Waals surface area contributed by atoms with Gasteiger partial charge < -0.3 is 23.8 Å². The number of benzene rings is 2. The molecule has 1 amide bonds. The number of nitrogens with zero attached hydrogens (tertiary/aromatic N) is 5. The minimum absolute atomic E-state index is 0.0314. The van der Waals surface area contributed by atoms with Crippen LogP contribution in [0.3, 0.4) is 0 Å². The molecule has 0 N–H and O–H groups in total. The second kappa shape index (κ2) is 11.3. The lowest BCUT2D eigenvalue weighted by atomic mass is 9.99. The van der Waals surface area contributed by atoms with E-state index in [0.29, 0.717) is 40.9 Å². The largest absolute Gasteiger partial charge is 0.475 e. The highest BCUT2D eigenvalue weighted by Crippen LogP contribution is 2.46. The molecule has 248 valence electrons. The monoisotopic (exact) mass is 685 g/mol. The van der Waals surface area contributed by atoms with Crippen LogP contribution in [0.2, 0.25) is 5.02 Å². The number of methoxy groups -OCH3 is 1. The van der Waals surface area contributed by atoms with Crippen LogP contribution in [0.15, 0.2) is 35.5 Å². The topological polar surface area (TPSA) is 133 Å². The third kappa shape index (κ3) is 5.45. The molecule has 3 unspecified atom stereocenters. The lowest BCUT2D eigenvalue weighted by Crippen LogP contribution is -2.63. The molecule has 3 atom stereocenters. The van der Waals surface area contributed by atoms with Crippen molar-refractivity contribution in [2.24, 2.45) is 0 Å². The summed E-state index contributed by atoms with van der Waals surface area (Å²) in [5.41, 5.74) is -0.823. The highest BCUT2D eigenvalue weighted by atomic mass is 35.5. The normalized spacial score (nSPS) is 20.6. The summed E-state index contributed by atoms with van der Waals surface area (Å²) in [6.07, 6.45) is 1.92. The van der Waals surface area contributed by atoms with Crippen LogP contribution < -0.4 is 14.4 Å². The molecule has 0 spiro atoms. The first-order chi connectivity index (χ1) is 22.2. The second-order valence-electron chi connectivity index (χ2n) is 13.0. The molecule has 0 saturated carbocycles. The molecule has 2 fully saturated rings. The van der Waals surface area contributed by atoms with E-state index < -0.39 is 38.5 Å². The van der Waals surface area contributed by atoms with Gasteiger partial charge in [0, 0.05) is 35.9 Å². The molecular weight excluding hydrogens is 653 g/mol. The zero-order chi connectivity index (χ0) is 33.4. The Bertz CT molecular complexity index is 2060. The first-order valence-electron chi connectivity index (χ1n) is 15.1. The number of anilines is 1. The van der Waals surface area contributed by atoms with Gasteiger partial charge in [-0.25, -0.2) is 32.6 Å². The average Bonchev–Trinajstić information content (AvgIpc) is 3.24. The van der Waals surface area contributed by atoms with Crippen LogP contribution in [0.5, 0.6) is 11.6 Å². The third-order valence-corrected chi connectivity index (χ3v) is 9.77. The number of sulfone groups is 1. The van der Waals surface area contributed by atoms with Gasteiger partial charge in [-0.2, -0.15) is 0 Å². The molecule has 2 bridgehead atoms. The van der Waals surface area contributed by atoms with Crippen molar-refractivity contribution in [3.63, 3.8) is 0 Å². The summed E-state index contributed by atoms with van der Waals surface area (Å²) in [5, 5.41) is 1.12. The number of fused-ring (bicyclic) bond motifs is 6. The van der Waals surface area contributed by atoms with E-state index >= 15 is 4.39 Å². The average molecular weight is 686 g/mol. The van der Waals surface area contributed by atoms with Crippen LogP contribution in [0, 0.1) is 5.82 Å².